The quantitative estimate of drug-likeness (QED) is 0.559. The summed E-state index contributed by atoms with van der Waals surface area (Å²) in [5.41, 5.74) is 2.13. The zero-order valence-electron chi connectivity index (χ0n) is 13.2. The van der Waals surface area contributed by atoms with Crippen molar-refractivity contribution in [1.29, 1.82) is 0 Å². The van der Waals surface area contributed by atoms with Gasteiger partial charge in [0.1, 0.15) is 5.75 Å². The summed E-state index contributed by atoms with van der Waals surface area (Å²) in [6.45, 7) is -0.282. The largest absolute Gasteiger partial charge is 0.496 e. The molecule has 1 heterocycles. The molecule has 2 aromatic carbocycles. The van der Waals surface area contributed by atoms with Gasteiger partial charge in [-0.15, -0.1) is 0 Å². The van der Waals surface area contributed by atoms with Crippen molar-refractivity contribution >= 4 is 22.7 Å². The van der Waals surface area contributed by atoms with Crippen LogP contribution < -0.4 is 4.74 Å². The van der Waals surface area contributed by atoms with Gasteiger partial charge in [0.2, 0.25) is 5.78 Å². The lowest BCUT2D eigenvalue weighted by molar-refractivity contribution is -0.141. The van der Waals surface area contributed by atoms with Crippen LogP contribution >= 0.6 is 0 Å². The molecule has 0 amide bonds. The van der Waals surface area contributed by atoms with Crippen molar-refractivity contribution in [2.24, 2.45) is 0 Å². The van der Waals surface area contributed by atoms with Crippen molar-refractivity contribution < 1.29 is 19.1 Å². The predicted molar refractivity (Wildman–Crippen MR) is 90.3 cm³/mol. The molecule has 0 radical (unpaired) electrons. The van der Waals surface area contributed by atoms with Crippen molar-refractivity contribution in [1.82, 2.24) is 4.98 Å². The molecule has 5 nitrogen and oxygen atoms in total. The highest BCUT2D eigenvalue weighted by Gasteiger charge is 2.15. The van der Waals surface area contributed by atoms with E-state index in [1.807, 2.05) is 36.4 Å². The lowest BCUT2D eigenvalue weighted by Crippen LogP contribution is -2.15. The highest BCUT2D eigenvalue weighted by atomic mass is 16.5. The van der Waals surface area contributed by atoms with E-state index in [2.05, 4.69) is 4.98 Å². The number of para-hydroxylation sites is 2. The van der Waals surface area contributed by atoms with Crippen LogP contribution in [-0.2, 0) is 16.0 Å². The van der Waals surface area contributed by atoms with Crippen molar-refractivity contribution in [3.8, 4) is 5.75 Å². The summed E-state index contributed by atoms with van der Waals surface area (Å²) in [6, 6.07) is 14.7. The average Bonchev–Trinajstić information content (AvgIpc) is 3.04. The van der Waals surface area contributed by atoms with Crippen LogP contribution in [0.15, 0.2) is 54.7 Å². The first kappa shape index (κ1) is 15.8. The molecular formula is C19H17NO4. The molecule has 0 unspecified atom stereocenters. The summed E-state index contributed by atoms with van der Waals surface area (Å²) < 4.78 is 10.3. The number of ether oxygens (including phenoxy) is 2. The Bertz CT molecular complexity index is 882. The van der Waals surface area contributed by atoms with E-state index < -0.39 is 5.97 Å². The van der Waals surface area contributed by atoms with E-state index in [0.717, 1.165) is 16.5 Å². The third-order valence-corrected chi connectivity index (χ3v) is 3.78. The molecule has 0 aliphatic carbocycles. The molecule has 0 bridgehead atoms. The Labute approximate surface area is 139 Å². The van der Waals surface area contributed by atoms with Gasteiger partial charge in [0.25, 0.3) is 0 Å². The first-order chi connectivity index (χ1) is 11.7. The smallest absolute Gasteiger partial charge is 0.310 e. The fourth-order valence-electron chi connectivity index (χ4n) is 2.58. The van der Waals surface area contributed by atoms with E-state index >= 15 is 0 Å². The molecule has 24 heavy (non-hydrogen) atoms. The molecule has 1 aromatic heterocycles. The number of fused-ring (bicyclic) bond motifs is 1. The Morgan fingerprint density at radius 3 is 2.62 bits per heavy atom. The van der Waals surface area contributed by atoms with Crippen molar-refractivity contribution in [2.75, 3.05) is 13.7 Å². The highest BCUT2D eigenvalue weighted by molar-refractivity contribution is 6.08. The van der Waals surface area contributed by atoms with Crippen LogP contribution in [0, 0.1) is 0 Å². The number of hydrogen-bond donors (Lipinski definition) is 1. The van der Waals surface area contributed by atoms with Crippen molar-refractivity contribution in [2.45, 2.75) is 6.42 Å². The highest BCUT2D eigenvalue weighted by Crippen LogP contribution is 2.19. The van der Waals surface area contributed by atoms with Gasteiger partial charge in [0.05, 0.1) is 13.5 Å². The number of methoxy groups -OCH3 is 1. The Kier molecular flexibility index (Phi) is 4.61. The standard InChI is InChI=1S/C19H17NO4/c1-23-18-9-5-2-6-13(18)10-19(22)24-12-17(21)15-11-20-16-8-4-3-7-14(15)16/h2-9,11,20H,10,12H2,1H3. The number of carbonyl (C=O) groups is 2. The van der Waals surface area contributed by atoms with Crippen LogP contribution in [0.4, 0.5) is 0 Å². The van der Waals surface area contributed by atoms with Crippen LogP contribution in [0.5, 0.6) is 5.75 Å². The number of carbonyl (C=O) groups excluding carboxylic acids is 2. The summed E-state index contributed by atoms with van der Waals surface area (Å²) in [5.74, 6) is -0.0778. The molecule has 0 fully saturated rings. The second-order valence-electron chi connectivity index (χ2n) is 5.32. The van der Waals surface area contributed by atoms with E-state index in [1.165, 1.54) is 0 Å². The molecule has 0 saturated heterocycles. The Morgan fingerprint density at radius 1 is 1.04 bits per heavy atom. The number of aromatic nitrogens is 1. The van der Waals surface area contributed by atoms with E-state index in [0.29, 0.717) is 11.3 Å². The number of rotatable bonds is 6. The monoisotopic (exact) mass is 323 g/mol. The molecule has 3 aromatic rings. The van der Waals surface area contributed by atoms with Crippen molar-refractivity contribution in [3.63, 3.8) is 0 Å². The zero-order chi connectivity index (χ0) is 16.9. The topological polar surface area (TPSA) is 68.4 Å². The fraction of sp³-hybridized carbons (Fsp3) is 0.158. The maximum absolute atomic E-state index is 12.3. The van der Waals surface area contributed by atoms with E-state index in [1.54, 1.807) is 25.4 Å². The molecule has 1 N–H and O–H groups in total. The summed E-state index contributed by atoms with van der Waals surface area (Å²) in [7, 11) is 1.55. The minimum absolute atomic E-state index is 0.0607. The normalized spacial score (nSPS) is 10.5. The molecule has 0 aliphatic heterocycles. The number of benzene rings is 2. The first-order valence-electron chi connectivity index (χ1n) is 7.56. The zero-order valence-corrected chi connectivity index (χ0v) is 13.2. The number of Topliss-reactive ketones (excluding diaryl/α,β-unsaturated/α-hetero) is 1. The fourth-order valence-corrected chi connectivity index (χ4v) is 2.58. The van der Waals surface area contributed by atoms with Gasteiger partial charge in [-0.1, -0.05) is 36.4 Å². The molecule has 3 rings (SSSR count). The Hall–Kier alpha value is -3.08. The van der Waals surface area contributed by atoms with Gasteiger partial charge < -0.3 is 14.5 Å². The molecule has 0 aliphatic rings. The van der Waals surface area contributed by atoms with Crippen LogP contribution in [0.25, 0.3) is 10.9 Å². The summed E-state index contributed by atoms with van der Waals surface area (Å²) in [6.07, 6.45) is 1.70. The van der Waals surface area contributed by atoms with Crippen LogP contribution in [0.1, 0.15) is 15.9 Å². The van der Waals surface area contributed by atoms with Gasteiger partial charge in [-0.2, -0.15) is 0 Å². The van der Waals surface area contributed by atoms with Gasteiger partial charge in [-0.25, -0.2) is 0 Å². The maximum atomic E-state index is 12.3. The molecule has 0 saturated carbocycles. The number of esters is 1. The molecule has 122 valence electrons. The van der Waals surface area contributed by atoms with E-state index in [9.17, 15) is 9.59 Å². The summed E-state index contributed by atoms with van der Waals surface area (Å²) in [4.78, 5) is 27.3. The lowest BCUT2D eigenvalue weighted by atomic mass is 10.1. The Balaban J connectivity index is 1.63. The van der Waals surface area contributed by atoms with E-state index in [-0.39, 0.29) is 18.8 Å². The van der Waals surface area contributed by atoms with Gasteiger partial charge in [0.15, 0.2) is 6.61 Å². The number of H-pyrrole nitrogens is 1. The molecule has 0 atom stereocenters. The molecule has 5 heteroatoms. The second kappa shape index (κ2) is 7.00. The van der Waals surface area contributed by atoms with Crippen molar-refractivity contribution in [3.05, 3.63) is 65.9 Å². The minimum atomic E-state index is -0.465. The number of nitrogens with one attached hydrogen (secondary N) is 1. The van der Waals surface area contributed by atoms with Crippen LogP contribution in [0.2, 0.25) is 0 Å². The molecular weight excluding hydrogens is 306 g/mol. The Morgan fingerprint density at radius 2 is 1.79 bits per heavy atom. The second-order valence-corrected chi connectivity index (χ2v) is 5.32. The summed E-state index contributed by atoms with van der Waals surface area (Å²) in [5, 5.41) is 0.822. The third kappa shape index (κ3) is 3.30. The minimum Gasteiger partial charge on any atom is -0.496 e. The SMILES string of the molecule is COc1ccccc1CC(=O)OCC(=O)c1c[nH]c2ccccc12. The van der Waals surface area contributed by atoms with Gasteiger partial charge in [0, 0.05) is 28.2 Å². The maximum Gasteiger partial charge on any atom is 0.310 e. The predicted octanol–water partition coefficient (Wildman–Crippen LogP) is 3.15. The first-order valence-corrected chi connectivity index (χ1v) is 7.56. The number of hydrogen-bond acceptors (Lipinski definition) is 4. The van der Waals surface area contributed by atoms with Gasteiger partial charge >= 0.3 is 5.97 Å². The average molecular weight is 323 g/mol. The molecule has 0 spiro atoms. The van der Waals surface area contributed by atoms with Gasteiger partial charge in [-0.05, 0) is 12.1 Å². The van der Waals surface area contributed by atoms with E-state index in [4.69, 9.17) is 9.47 Å². The van der Waals surface area contributed by atoms with Crippen LogP contribution in [0.3, 0.4) is 0 Å². The third-order valence-electron chi connectivity index (χ3n) is 3.78. The van der Waals surface area contributed by atoms with Gasteiger partial charge in [-0.3, -0.25) is 9.59 Å². The van der Waals surface area contributed by atoms with Crippen LogP contribution in [-0.4, -0.2) is 30.5 Å². The summed E-state index contributed by atoms with van der Waals surface area (Å²) >= 11 is 0. The number of ketones is 1. The number of aromatic amines is 1. The lowest BCUT2D eigenvalue weighted by Gasteiger charge is -2.08.